The molecular weight excluding hydrogens is 203 g/mol. The third kappa shape index (κ3) is 2.92. The summed E-state index contributed by atoms with van der Waals surface area (Å²) in [6.45, 7) is 6.09. The smallest absolute Gasteiger partial charge is 0.348 e. The van der Waals surface area contributed by atoms with E-state index in [0.29, 0.717) is 11.8 Å². The number of hydrogen-bond acceptors (Lipinski definition) is 2. The highest BCUT2D eigenvalue weighted by molar-refractivity contribution is 7.55. The summed E-state index contributed by atoms with van der Waals surface area (Å²) in [4.78, 5) is 17.3. The first-order chi connectivity index (χ1) is 6.31. The Balaban J connectivity index is 2.64. The van der Waals surface area contributed by atoms with Crippen molar-refractivity contribution >= 4 is 7.60 Å². The van der Waals surface area contributed by atoms with E-state index in [-0.39, 0.29) is 12.2 Å². The van der Waals surface area contributed by atoms with Crippen LogP contribution in [0.25, 0.3) is 0 Å². The van der Waals surface area contributed by atoms with Gasteiger partial charge in [-0.3, -0.25) is 4.57 Å². The molecule has 0 aliphatic carbocycles. The molecule has 1 rings (SSSR count). The molecular formula is C9H17O4P. The van der Waals surface area contributed by atoms with Crippen LogP contribution in [0.3, 0.4) is 0 Å². The van der Waals surface area contributed by atoms with Gasteiger partial charge in [-0.05, 0) is 24.8 Å². The van der Waals surface area contributed by atoms with Gasteiger partial charge in [0.2, 0.25) is 0 Å². The predicted molar refractivity (Wildman–Crippen MR) is 53.8 cm³/mol. The molecule has 2 N–H and O–H groups in total. The van der Waals surface area contributed by atoms with Gasteiger partial charge in [-0.2, -0.15) is 0 Å². The van der Waals surface area contributed by atoms with Crippen molar-refractivity contribution in [3.8, 4) is 0 Å². The summed E-state index contributed by atoms with van der Waals surface area (Å²) in [7, 11) is -4.04. The van der Waals surface area contributed by atoms with E-state index in [9.17, 15) is 4.57 Å². The van der Waals surface area contributed by atoms with Gasteiger partial charge in [0.15, 0.2) is 0 Å². The summed E-state index contributed by atoms with van der Waals surface area (Å²) in [6, 6.07) is 0. The van der Waals surface area contributed by atoms with Crippen LogP contribution in [0.4, 0.5) is 0 Å². The molecule has 4 unspecified atom stereocenters. The lowest BCUT2D eigenvalue weighted by Gasteiger charge is -2.11. The van der Waals surface area contributed by atoms with E-state index in [1.165, 1.54) is 6.08 Å². The highest BCUT2D eigenvalue weighted by atomic mass is 31.2. The van der Waals surface area contributed by atoms with Crippen molar-refractivity contribution in [1.82, 2.24) is 0 Å². The lowest BCUT2D eigenvalue weighted by atomic mass is 9.91. The van der Waals surface area contributed by atoms with Gasteiger partial charge in [0, 0.05) is 5.82 Å². The van der Waals surface area contributed by atoms with Gasteiger partial charge in [0.1, 0.15) is 0 Å². The maximum atomic E-state index is 10.6. The van der Waals surface area contributed by atoms with Gasteiger partial charge in [0.25, 0.3) is 0 Å². The Morgan fingerprint density at radius 1 is 1.21 bits per heavy atom. The molecule has 14 heavy (non-hydrogen) atoms. The zero-order valence-electron chi connectivity index (χ0n) is 8.62. The second-order valence-corrected chi connectivity index (χ2v) is 5.43. The minimum absolute atomic E-state index is 0.149. The van der Waals surface area contributed by atoms with Gasteiger partial charge in [-0.25, -0.2) is 0 Å². The van der Waals surface area contributed by atoms with Gasteiger partial charge < -0.3 is 14.5 Å². The second kappa shape index (κ2) is 4.15. The molecule has 5 heteroatoms. The molecule has 1 fully saturated rings. The standard InChI is InChI=1S/C9H17O4P/c1-6-7(2)9(13-8(6)3)4-5-14(10,11)12/h4-9H,1-3H3,(H2,10,11,12)/b5-4+. The highest BCUT2D eigenvalue weighted by Crippen LogP contribution is 2.39. The van der Waals surface area contributed by atoms with E-state index >= 15 is 0 Å². The number of rotatable bonds is 2. The van der Waals surface area contributed by atoms with Crippen molar-refractivity contribution < 1.29 is 19.1 Å². The van der Waals surface area contributed by atoms with E-state index in [2.05, 4.69) is 6.92 Å². The highest BCUT2D eigenvalue weighted by Gasteiger charge is 2.35. The van der Waals surface area contributed by atoms with Crippen molar-refractivity contribution in [2.45, 2.75) is 33.0 Å². The largest absolute Gasteiger partial charge is 0.371 e. The summed E-state index contributed by atoms with van der Waals surface area (Å²) in [5.74, 6) is 1.65. The molecule has 0 saturated carbocycles. The van der Waals surface area contributed by atoms with Crippen LogP contribution in [0.2, 0.25) is 0 Å². The molecule has 1 heterocycles. The molecule has 0 radical (unpaired) electrons. The maximum Gasteiger partial charge on any atom is 0.348 e. The lowest BCUT2D eigenvalue weighted by molar-refractivity contribution is 0.0683. The summed E-state index contributed by atoms with van der Waals surface area (Å²) < 4.78 is 16.2. The molecule has 0 amide bonds. The molecule has 0 spiro atoms. The molecule has 82 valence electrons. The van der Waals surface area contributed by atoms with Crippen molar-refractivity contribution in [2.24, 2.45) is 11.8 Å². The summed E-state index contributed by atoms with van der Waals surface area (Å²) >= 11 is 0. The van der Waals surface area contributed by atoms with Gasteiger partial charge >= 0.3 is 7.60 Å². The fourth-order valence-electron chi connectivity index (χ4n) is 1.64. The van der Waals surface area contributed by atoms with E-state index in [1.54, 1.807) is 0 Å². The molecule has 1 saturated heterocycles. The van der Waals surface area contributed by atoms with Crippen LogP contribution in [0.1, 0.15) is 20.8 Å². The maximum absolute atomic E-state index is 10.6. The number of hydrogen-bond donors (Lipinski definition) is 2. The zero-order chi connectivity index (χ0) is 10.9. The van der Waals surface area contributed by atoms with Crippen LogP contribution >= 0.6 is 7.60 Å². The first-order valence-corrected chi connectivity index (χ1v) is 6.39. The molecule has 1 aliphatic rings. The topological polar surface area (TPSA) is 66.8 Å². The summed E-state index contributed by atoms with van der Waals surface area (Å²) in [5, 5.41) is 0. The normalized spacial score (nSPS) is 39.5. The molecule has 4 nitrogen and oxygen atoms in total. The van der Waals surface area contributed by atoms with Gasteiger partial charge in [-0.15, -0.1) is 0 Å². The van der Waals surface area contributed by atoms with Gasteiger partial charge in [0.05, 0.1) is 12.2 Å². The van der Waals surface area contributed by atoms with Crippen LogP contribution in [-0.4, -0.2) is 22.0 Å². The molecule has 0 aromatic rings. The van der Waals surface area contributed by atoms with Crippen LogP contribution in [-0.2, 0) is 9.30 Å². The van der Waals surface area contributed by atoms with E-state index < -0.39 is 7.60 Å². The molecule has 0 aromatic heterocycles. The van der Waals surface area contributed by atoms with Crippen LogP contribution < -0.4 is 0 Å². The monoisotopic (exact) mass is 220 g/mol. The van der Waals surface area contributed by atoms with E-state index in [4.69, 9.17) is 14.5 Å². The van der Waals surface area contributed by atoms with Crippen LogP contribution in [0.15, 0.2) is 11.9 Å². The minimum Gasteiger partial charge on any atom is -0.371 e. The molecule has 1 aliphatic heterocycles. The first kappa shape index (κ1) is 11.9. The summed E-state index contributed by atoms with van der Waals surface area (Å²) in [5.41, 5.74) is 0. The average molecular weight is 220 g/mol. The first-order valence-electron chi connectivity index (χ1n) is 4.71. The average Bonchev–Trinajstić information content (AvgIpc) is 2.28. The third-order valence-electron chi connectivity index (χ3n) is 2.93. The molecule has 0 aromatic carbocycles. The Bertz CT molecular complexity index is 270. The van der Waals surface area contributed by atoms with Crippen molar-refractivity contribution in [3.63, 3.8) is 0 Å². The fraction of sp³-hybridized carbons (Fsp3) is 0.778. The SMILES string of the molecule is CC1OC(/C=C/P(=O)(O)O)C(C)C1C. The Morgan fingerprint density at radius 2 is 1.79 bits per heavy atom. The van der Waals surface area contributed by atoms with Crippen molar-refractivity contribution in [3.05, 3.63) is 11.9 Å². The summed E-state index contributed by atoms with van der Waals surface area (Å²) in [6.07, 6.45) is 1.45. The Hall–Kier alpha value is -0.150. The molecule has 0 bridgehead atoms. The minimum atomic E-state index is -4.04. The van der Waals surface area contributed by atoms with E-state index in [0.717, 1.165) is 5.82 Å². The third-order valence-corrected chi connectivity index (χ3v) is 3.49. The molecule has 4 atom stereocenters. The quantitative estimate of drug-likeness (QED) is 0.695. The lowest BCUT2D eigenvalue weighted by Crippen LogP contribution is -2.13. The van der Waals surface area contributed by atoms with Crippen LogP contribution in [0.5, 0.6) is 0 Å². The van der Waals surface area contributed by atoms with Crippen LogP contribution in [0, 0.1) is 11.8 Å². The predicted octanol–water partition coefficient (Wildman–Crippen LogP) is 1.74. The van der Waals surface area contributed by atoms with Crippen molar-refractivity contribution in [2.75, 3.05) is 0 Å². The number of ether oxygens (including phenoxy) is 1. The Kier molecular flexibility index (Phi) is 3.53. The zero-order valence-corrected chi connectivity index (χ0v) is 9.52. The second-order valence-electron chi connectivity index (χ2n) is 3.95. The Labute approximate surface area is 84.1 Å². The Morgan fingerprint density at radius 3 is 2.14 bits per heavy atom. The fourth-order valence-corrected chi connectivity index (χ4v) is 2.03. The van der Waals surface area contributed by atoms with E-state index in [1.807, 2.05) is 13.8 Å². The van der Waals surface area contributed by atoms with Gasteiger partial charge in [-0.1, -0.05) is 13.8 Å². The van der Waals surface area contributed by atoms with Crippen molar-refractivity contribution in [1.29, 1.82) is 0 Å².